The van der Waals surface area contributed by atoms with E-state index < -0.39 is 0 Å². The molecule has 5 rings (SSSR count). The van der Waals surface area contributed by atoms with Crippen LogP contribution in [0.25, 0.3) is 11.3 Å². The van der Waals surface area contributed by atoms with Crippen molar-refractivity contribution in [1.29, 1.82) is 0 Å². The number of carbonyl (C=O) groups excluding carboxylic acids is 1. The second-order valence-corrected chi connectivity index (χ2v) is 7.98. The number of benzene rings is 2. The lowest BCUT2D eigenvalue weighted by atomic mass is 9.94. The number of carbonyl (C=O) groups is 1. The number of hydrogen-bond acceptors (Lipinski definition) is 5. The molecule has 2 aliphatic heterocycles. The summed E-state index contributed by atoms with van der Waals surface area (Å²) in [7, 11) is 2.01. The first kappa shape index (κ1) is 18.8. The molecule has 2 aliphatic rings. The molecule has 0 spiro atoms. The van der Waals surface area contributed by atoms with Gasteiger partial charge in [-0.15, -0.1) is 0 Å². The lowest BCUT2D eigenvalue weighted by molar-refractivity contribution is -0.126. The van der Waals surface area contributed by atoms with Crippen LogP contribution in [0.15, 0.2) is 61.1 Å². The van der Waals surface area contributed by atoms with Crippen molar-refractivity contribution in [1.82, 2.24) is 20.2 Å². The van der Waals surface area contributed by atoms with Gasteiger partial charge in [0.1, 0.15) is 11.9 Å². The summed E-state index contributed by atoms with van der Waals surface area (Å²) in [5, 5.41) is 3.12. The molecule has 0 bridgehead atoms. The van der Waals surface area contributed by atoms with Crippen molar-refractivity contribution in [2.24, 2.45) is 0 Å². The SMILES string of the molecule is CN1Cc2ccccc2CC1C(=O)NCC1Cc2cccc(-c3cnccn3)c2O1. The Labute approximate surface area is 175 Å². The zero-order valence-electron chi connectivity index (χ0n) is 16.9. The Bertz CT molecular complexity index is 1070. The summed E-state index contributed by atoms with van der Waals surface area (Å²) in [6.45, 7) is 1.28. The number of rotatable bonds is 4. The van der Waals surface area contributed by atoms with Gasteiger partial charge in [0.05, 0.1) is 24.5 Å². The normalized spacial score (nSPS) is 20.2. The smallest absolute Gasteiger partial charge is 0.237 e. The first-order chi connectivity index (χ1) is 14.7. The number of hydrogen-bond donors (Lipinski definition) is 1. The quantitative estimate of drug-likeness (QED) is 0.729. The lowest BCUT2D eigenvalue weighted by Crippen LogP contribution is -2.50. The van der Waals surface area contributed by atoms with Crippen LogP contribution in [0.4, 0.5) is 0 Å². The molecule has 0 saturated carbocycles. The second-order valence-electron chi connectivity index (χ2n) is 7.98. The van der Waals surface area contributed by atoms with E-state index in [2.05, 4.69) is 44.5 Å². The molecule has 6 nitrogen and oxygen atoms in total. The first-order valence-electron chi connectivity index (χ1n) is 10.3. The van der Waals surface area contributed by atoms with E-state index in [0.717, 1.165) is 42.0 Å². The van der Waals surface area contributed by atoms with E-state index in [1.165, 1.54) is 11.1 Å². The standard InChI is InChI=1S/C24H24N4O2/c1-28-15-18-6-3-2-5-16(18)12-22(28)24(29)27-13-19-11-17-7-4-8-20(23(17)30-19)21-14-25-9-10-26-21/h2-10,14,19,22H,11-13,15H2,1H3,(H,27,29). The van der Waals surface area contributed by atoms with Gasteiger partial charge in [0.15, 0.2) is 0 Å². The van der Waals surface area contributed by atoms with Gasteiger partial charge in [-0.2, -0.15) is 0 Å². The highest BCUT2D eigenvalue weighted by Gasteiger charge is 2.31. The van der Waals surface area contributed by atoms with Crippen LogP contribution in [0.5, 0.6) is 5.75 Å². The fourth-order valence-electron chi connectivity index (χ4n) is 4.37. The average Bonchev–Trinajstić information content (AvgIpc) is 3.21. The minimum atomic E-state index is -0.154. The Morgan fingerprint density at radius 1 is 1.10 bits per heavy atom. The summed E-state index contributed by atoms with van der Waals surface area (Å²) in [6.07, 6.45) is 6.51. The van der Waals surface area contributed by atoms with E-state index in [-0.39, 0.29) is 18.1 Å². The largest absolute Gasteiger partial charge is 0.487 e. The Balaban J connectivity index is 1.24. The van der Waals surface area contributed by atoms with Crippen LogP contribution in [0.2, 0.25) is 0 Å². The van der Waals surface area contributed by atoms with Crippen LogP contribution in [0.1, 0.15) is 16.7 Å². The number of ether oxygens (including phenoxy) is 1. The molecule has 3 heterocycles. The average molecular weight is 400 g/mol. The second kappa shape index (κ2) is 7.88. The van der Waals surface area contributed by atoms with Gasteiger partial charge in [-0.1, -0.05) is 36.4 Å². The van der Waals surface area contributed by atoms with Crippen molar-refractivity contribution < 1.29 is 9.53 Å². The fourth-order valence-corrected chi connectivity index (χ4v) is 4.37. The fraction of sp³-hybridized carbons (Fsp3) is 0.292. The third kappa shape index (κ3) is 3.55. The predicted molar refractivity (Wildman–Crippen MR) is 114 cm³/mol. The maximum Gasteiger partial charge on any atom is 0.237 e. The highest BCUT2D eigenvalue weighted by Crippen LogP contribution is 2.37. The van der Waals surface area contributed by atoms with E-state index in [9.17, 15) is 4.79 Å². The number of nitrogens with one attached hydrogen (secondary N) is 1. The third-order valence-corrected chi connectivity index (χ3v) is 5.96. The Kier molecular flexibility index (Phi) is 4.93. The predicted octanol–water partition coefficient (Wildman–Crippen LogP) is 2.62. The molecule has 3 aromatic rings. The van der Waals surface area contributed by atoms with Gasteiger partial charge < -0.3 is 10.1 Å². The van der Waals surface area contributed by atoms with Crippen molar-refractivity contribution in [2.75, 3.05) is 13.6 Å². The molecule has 6 heteroatoms. The van der Waals surface area contributed by atoms with Crippen LogP contribution in [0.3, 0.4) is 0 Å². The maximum atomic E-state index is 12.9. The van der Waals surface area contributed by atoms with Crippen LogP contribution >= 0.6 is 0 Å². The zero-order chi connectivity index (χ0) is 20.5. The van der Waals surface area contributed by atoms with Gasteiger partial charge in [0.25, 0.3) is 0 Å². The Morgan fingerprint density at radius 2 is 1.93 bits per heavy atom. The van der Waals surface area contributed by atoms with Crippen molar-refractivity contribution >= 4 is 5.91 Å². The number of amides is 1. The minimum absolute atomic E-state index is 0.0562. The highest BCUT2D eigenvalue weighted by atomic mass is 16.5. The molecule has 1 aromatic heterocycles. The number of fused-ring (bicyclic) bond motifs is 2. The van der Waals surface area contributed by atoms with Gasteiger partial charge in [0, 0.05) is 30.9 Å². The molecule has 2 atom stereocenters. The number of aromatic nitrogens is 2. The molecule has 1 amide bonds. The summed E-state index contributed by atoms with van der Waals surface area (Å²) < 4.78 is 6.22. The lowest BCUT2D eigenvalue weighted by Gasteiger charge is -2.33. The van der Waals surface area contributed by atoms with Crippen LogP contribution in [0, 0.1) is 0 Å². The summed E-state index contributed by atoms with van der Waals surface area (Å²) in [5.74, 6) is 0.904. The van der Waals surface area contributed by atoms with Crippen molar-refractivity contribution in [2.45, 2.75) is 31.5 Å². The van der Waals surface area contributed by atoms with Gasteiger partial charge in [-0.3, -0.25) is 19.7 Å². The molecule has 152 valence electrons. The molecule has 0 fully saturated rings. The van der Waals surface area contributed by atoms with Gasteiger partial charge in [-0.25, -0.2) is 0 Å². The molecule has 0 saturated heterocycles. The number of para-hydroxylation sites is 1. The molecule has 0 aliphatic carbocycles. The first-order valence-corrected chi connectivity index (χ1v) is 10.3. The van der Waals surface area contributed by atoms with E-state index in [4.69, 9.17) is 4.74 Å². The molecule has 1 N–H and O–H groups in total. The van der Waals surface area contributed by atoms with Crippen molar-refractivity contribution in [3.05, 3.63) is 77.7 Å². The monoisotopic (exact) mass is 400 g/mol. The summed E-state index contributed by atoms with van der Waals surface area (Å²) in [5.41, 5.74) is 5.43. The van der Waals surface area contributed by atoms with E-state index in [1.54, 1.807) is 18.6 Å². The van der Waals surface area contributed by atoms with Gasteiger partial charge in [-0.05, 0) is 36.2 Å². The van der Waals surface area contributed by atoms with E-state index >= 15 is 0 Å². The van der Waals surface area contributed by atoms with Gasteiger partial charge in [0.2, 0.25) is 5.91 Å². The highest BCUT2D eigenvalue weighted by molar-refractivity contribution is 5.82. The number of likely N-dealkylation sites (N-methyl/N-ethyl adjacent to an activating group) is 1. The van der Waals surface area contributed by atoms with E-state index in [0.29, 0.717) is 6.54 Å². The van der Waals surface area contributed by atoms with Crippen molar-refractivity contribution in [3.63, 3.8) is 0 Å². The molecule has 0 radical (unpaired) electrons. The van der Waals surface area contributed by atoms with Crippen LogP contribution in [-0.4, -0.2) is 46.5 Å². The molecular weight excluding hydrogens is 376 g/mol. The summed E-state index contributed by atoms with van der Waals surface area (Å²) in [6, 6.07) is 14.3. The maximum absolute atomic E-state index is 12.9. The van der Waals surface area contributed by atoms with Gasteiger partial charge >= 0.3 is 0 Å². The zero-order valence-corrected chi connectivity index (χ0v) is 16.9. The van der Waals surface area contributed by atoms with Crippen molar-refractivity contribution in [3.8, 4) is 17.0 Å². The summed E-state index contributed by atoms with van der Waals surface area (Å²) in [4.78, 5) is 23.6. The van der Waals surface area contributed by atoms with Crippen LogP contribution < -0.4 is 10.1 Å². The molecule has 2 aromatic carbocycles. The van der Waals surface area contributed by atoms with Crippen LogP contribution in [-0.2, 0) is 24.2 Å². The molecule has 2 unspecified atom stereocenters. The Morgan fingerprint density at radius 3 is 2.77 bits per heavy atom. The summed E-state index contributed by atoms with van der Waals surface area (Å²) >= 11 is 0. The minimum Gasteiger partial charge on any atom is -0.487 e. The topological polar surface area (TPSA) is 67.4 Å². The van der Waals surface area contributed by atoms with E-state index in [1.807, 2.05) is 25.2 Å². The third-order valence-electron chi connectivity index (χ3n) is 5.96. The molecule has 30 heavy (non-hydrogen) atoms. The Hall–Kier alpha value is -3.25. The number of nitrogens with zero attached hydrogens (tertiary/aromatic N) is 3. The molecular formula is C24H24N4O2.